The molecule has 0 atom stereocenters. The van der Waals surface area contributed by atoms with Crippen LogP contribution in [0, 0.1) is 13.8 Å². The summed E-state index contributed by atoms with van der Waals surface area (Å²) in [6.07, 6.45) is 1.27. The van der Waals surface area contributed by atoms with E-state index in [1.807, 2.05) is 32.0 Å². The molecule has 2 rings (SSSR count). The maximum atomic E-state index is 11.8. The van der Waals surface area contributed by atoms with E-state index in [4.69, 9.17) is 9.15 Å². The van der Waals surface area contributed by atoms with Gasteiger partial charge in [-0.2, -0.15) is 0 Å². The maximum Gasteiger partial charge on any atom is 0.360 e. The molecule has 0 bridgehead atoms. The number of esters is 1. The van der Waals surface area contributed by atoms with Crippen molar-refractivity contribution >= 4 is 5.97 Å². The molecule has 0 fully saturated rings. The summed E-state index contributed by atoms with van der Waals surface area (Å²) in [6.45, 7) is 6.03. The number of carbonyl (C=O) groups is 1. The molecule has 0 aliphatic carbocycles. The largest absolute Gasteiger partial charge is 0.461 e. The molecule has 1 aromatic heterocycles. The Bertz CT molecular complexity index is 572. The first-order chi connectivity index (χ1) is 8.63. The molecule has 4 heteroatoms. The van der Waals surface area contributed by atoms with Gasteiger partial charge < -0.3 is 9.15 Å². The highest BCUT2D eigenvalue weighted by atomic mass is 16.5. The first kappa shape index (κ1) is 12.4. The lowest BCUT2D eigenvalue weighted by molar-refractivity contribution is 0.0520. The van der Waals surface area contributed by atoms with Crippen LogP contribution in [0.15, 0.2) is 29.0 Å². The van der Waals surface area contributed by atoms with Gasteiger partial charge in [0, 0.05) is 5.56 Å². The fourth-order valence-corrected chi connectivity index (χ4v) is 1.76. The van der Waals surface area contributed by atoms with Gasteiger partial charge in [0.1, 0.15) is 0 Å². The number of rotatable bonds is 3. The van der Waals surface area contributed by atoms with Crippen LogP contribution >= 0.6 is 0 Å². The molecular weight excluding hydrogens is 230 g/mol. The summed E-state index contributed by atoms with van der Waals surface area (Å²) in [6, 6.07) is 5.97. The van der Waals surface area contributed by atoms with E-state index >= 15 is 0 Å². The average Bonchev–Trinajstić information content (AvgIpc) is 2.81. The van der Waals surface area contributed by atoms with Crippen LogP contribution in [0.25, 0.3) is 11.3 Å². The van der Waals surface area contributed by atoms with E-state index in [1.165, 1.54) is 6.39 Å². The number of nitrogens with zero attached hydrogens (tertiary/aromatic N) is 1. The van der Waals surface area contributed by atoms with Gasteiger partial charge in [0.15, 0.2) is 17.8 Å². The molecule has 0 saturated heterocycles. The molecule has 0 amide bonds. The Balaban J connectivity index is 2.48. The van der Waals surface area contributed by atoms with Crippen LogP contribution in [0.3, 0.4) is 0 Å². The Morgan fingerprint density at radius 1 is 1.39 bits per heavy atom. The van der Waals surface area contributed by atoms with Gasteiger partial charge in [0.25, 0.3) is 0 Å². The third-order valence-corrected chi connectivity index (χ3v) is 2.67. The van der Waals surface area contributed by atoms with E-state index in [0.717, 1.165) is 16.7 Å². The Kier molecular flexibility index (Phi) is 3.46. The van der Waals surface area contributed by atoms with Crippen molar-refractivity contribution in [3.63, 3.8) is 0 Å². The second-order valence-electron chi connectivity index (χ2n) is 4.07. The van der Waals surface area contributed by atoms with Gasteiger partial charge >= 0.3 is 5.97 Å². The Labute approximate surface area is 106 Å². The van der Waals surface area contributed by atoms with E-state index in [0.29, 0.717) is 12.4 Å². The Morgan fingerprint density at radius 3 is 2.89 bits per heavy atom. The Morgan fingerprint density at radius 2 is 2.17 bits per heavy atom. The van der Waals surface area contributed by atoms with Crippen LogP contribution in [-0.4, -0.2) is 17.6 Å². The first-order valence-corrected chi connectivity index (χ1v) is 5.81. The highest BCUT2D eigenvalue weighted by Crippen LogP contribution is 2.27. The quantitative estimate of drug-likeness (QED) is 0.779. The van der Waals surface area contributed by atoms with Crippen molar-refractivity contribution in [1.82, 2.24) is 4.98 Å². The third-order valence-electron chi connectivity index (χ3n) is 2.67. The second kappa shape index (κ2) is 5.04. The lowest BCUT2D eigenvalue weighted by atomic mass is 10.0. The number of oxazole rings is 1. The smallest absolute Gasteiger partial charge is 0.360 e. The predicted molar refractivity (Wildman–Crippen MR) is 67.4 cm³/mol. The fraction of sp³-hybridized carbons (Fsp3) is 0.286. The highest BCUT2D eigenvalue weighted by Gasteiger charge is 2.20. The van der Waals surface area contributed by atoms with E-state index in [1.54, 1.807) is 6.92 Å². The molecule has 0 unspecified atom stereocenters. The van der Waals surface area contributed by atoms with Gasteiger partial charge in [0.05, 0.1) is 6.61 Å². The lowest BCUT2D eigenvalue weighted by Crippen LogP contribution is -2.06. The Hall–Kier alpha value is -2.10. The van der Waals surface area contributed by atoms with Crippen LogP contribution in [0.1, 0.15) is 28.5 Å². The molecule has 0 aliphatic heterocycles. The van der Waals surface area contributed by atoms with Crippen molar-refractivity contribution in [2.75, 3.05) is 6.61 Å². The molecule has 2 aromatic rings. The van der Waals surface area contributed by atoms with Crippen LogP contribution in [0.2, 0.25) is 0 Å². The molecule has 18 heavy (non-hydrogen) atoms. The molecule has 0 saturated carbocycles. The topological polar surface area (TPSA) is 52.3 Å². The summed E-state index contributed by atoms with van der Waals surface area (Å²) in [5, 5.41) is 0. The first-order valence-electron chi connectivity index (χ1n) is 5.81. The van der Waals surface area contributed by atoms with Crippen molar-refractivity contribution in [2.45, 2.75) is 20.8 Å². The number of ether oxygens (including phenoxy) is 1. The minimum absolute atomic E-state index is 0.227. The minimum atomic E-state index is -0.456. The monoisotopic (exact) mass is 245 g/mol. The third kappa shape index (κ3) is 2.27. The van der Waals surface area contributed by atoms with Crippen molar-refractivity contribution in [2.24, 2.45) is 0 Å². The molecule has 4 nitrogen and oxygen atoms in total. The number of benzene rings is 1. The zero-order valence-corrected chi connectivity index (χ0v) is 10.7. The van der Waals surface area contributed by atoms with Crippen molar-refractivity contribution < 1.29 is 13.9 Å². The van der Waals surface area contributed by atoms with Crippen molar-refractivity contribution in [1.29, 1.82) is 0 Å². The summed E-state index contributed by atoms with van der Waals surface area (Å²) in [5.41, 5.74) is 3.23. The van der Waals surface area contributed by atoms with Crippen molar-refractivity contribution in [3.05, 3.63) is 41.4 Å². The molecular formula is C14H15NO3. The normalized spacial score (nSPS) is 10.4. The molecule has 0 spiro atoms. The van der Waals surface area contributed by atoms with Crippen LogP contribution in [0.4, 0.5) is 0 Å². The molecule has 0 aliphatic rings. The second-order valence-corrected chi connectivity index (χ2v) is 4.07. The van der Waals surface area contributed by atoms with E-state index in [9.17, 15) is 4.79 Å². The molecule has 94 valence electrons. The van der Waals surface area contributed by atoms with Gasteiger partial charge in [0.2, 0.25) is 0 Å². The molecule has 1 heterocycles. The number of hydrogen-bond acceptors (Lipinski definition) is 4. The highest BCUT2D eigenvalue weighted by molar-refractivity contribution is 5.94. The van der Waals surface area contributed by atoms with Gasteiger partial charge in [-0.1, -0.05) is 17.7 Å². The standard InChI is InChI=1S/C14H15NO3/c1-4-17-14(16)12-13(18-8-15-12)11-7-9(2)5-6-10(11)3/h5-8H,4H2,1-3H3. The number of carbonyl (C=O) groups excluding carboxylic acids is 1. The minimum Gasteiger partial charge on any atom is -0.461 e. The van der Waals surface area contributed by atoms with Crippen LogP contribution in [-0.2, 0) is 4.74 Å². The van der Waals surface area contributed by atoms with E-state index < -0.39 is 5.97 Å². The molecule has 1 aromatic carbocycles. The summed E-state index contributed by atoms with van der Waals surface area (Å²) in [5.74, 6) is 0.0109. The van der Waals surface area contributed by atoms with Crippen LogP contribution in [0.5, 0.6) is 0 Å². The van der Waals surface area contributed by atoms with Gasteiger partial charge in [-0.15, -0.1) is 0 Å². The van der Waals surface area contributed by atoms with Gasteiger partial charge in [-0.05, 0) is 32.4 Å². The fourth-order valence-electron chi connectivity index (χ4n) is 1.76. The van der Waals surface area contributed by atoms with E-state index in [2.05, 4.69) is 4.98 Å². The number of aromatic nitrogens is 1. The van der Waals surface area contributed by atoms with Gasteiger partial charge in [-0.25, -0.2) is 9.78 Å². The lowest BCUT2D eigenvalue weighted by Gasteiger charge is -2.05. The van der Waals surface area contributed by atoms with Crippen molar-refractivity contribution in [3.8, 4) is 11.3 Å². The average molecular weight is 245 g/mol. The van der Waals surface area contributed by atoms with Crippen LogP contribution < -0.4 is 0 Å². The SMILES string of the molecule is CCOC(=O)c1ncoc1-c1cc(C)ccc1C. The zero-order valence-electron chi connectivity index (χ0n) is 10.7. The molecule has 0 radical (unpaired) electrons. The summed E-state index contributed by atoms with van der Waals surface area (Å²) in [7, 11) is 0. The number of hydrogen-bond donors (Lipinski definition) is 0. The summed E-state index contributed by atoms with van der Waals surface area (Å²) >= 11 is 0. The summed E-state index contributed by atoms with van der Waals surface area (Å²) in [4.78, 5) is 15.7. The number of aryl methyl sites for hydroxylation is 2. The molecule has 0 N–H and O–H groups in total. The summed E-state index contributed by atoms with van der Waals surface area (Å²) < 4.78 is 10.3. The zero-order chi connectivity index (χ0) is 13.1. The maximum absolute atomic E-state index is 11.8. The predicted octanol–water partition coefficient (Wildman–Crippen LogP) is 3.14. The van der Waals surface area contributed by atoms with Gasteiger partial charge in [-0.3, -0.25) is 0 Å². The van der Waals surface area contributed by atoms with E-state index in [-0.39, 0.29) is 5.69 Å².